The van der Waals surface area contributed by atoms with Gasteiger partial charge >= 0.3 is 0 Å². The molecular formula is C18H26N2O3S. The molecule has 3 rings (SSSR count). The van der Waals surface area contributed by atoms with Gasteiger partial charge in [0.25, 0.3) is 5.91 Å². The van der Waals surface area contributed by atoms with Crippen LogP contribution in [0, 0.1) is 5.92 Å². The molecule has 0 bridgehead atoms. The van der Waals surface area contributed by atoms with E-state index in [2.05, 4.69) is 11.9 Å². The zero-order chi connectivity index (χ0) is 17.3. The van der Waals surface area contributed by atoms with E-state index >= 15 is 0 Å². The number of rotatable bonds is 3. The Labute approximate surface area is 144 Å². The van der Waals surface area contributed by atoms with Gasteiger partial charge in [0.15, 0.2) is 9.84 Å². The van der Waals surface area contributed by atoms with Crippen molar-refractivity contribution in [1.29, 1.82) is 0 Å². The van der Waals surface area contributed by atoms with E-state index < -0.39 is 9.84 Å². The van der Waals surface area contributed by atoms with Crippen LogP contribution in [0.1, 0.15) is 36.5 Å². The molecule has 2 atom stereocenters. The maximum atomic E-state index is 13.0. The number of nitrogens with zero attached hydrogens (tertiary/aromatic N) is 2. The lowest BCUT2D eigenvalue weighted by atomic mass is 9.84. The van der Waals surface area contributed by atoms with Crippen molar-refractivity contribution < 1.29 is 13.2 Å². The second-order valence-electron chi connectivity index (χ2n) is 6.89. The van der Waals surface area contributed by atoms with E-state index in [0.717, 1.165) is 25.9 Å². The highest BCUT2D eigenvalue weighted by Crippen LogP contribution is 2.31. The summed E-state index contributed by atoms with van der Waals surface area (Å²) < 4.78 is 24.6. The molecule has 0 saturated carbocycles. The number of amides is 1. The molecule has 6 heteroatoms. The fraction of sp³-hybridized carbons (Fsp3) is 0.611. The van der Waals surface area contributed by atoms with E-state index in [1.165, 1.54) is 6.42 Å². The van der Waals surface area contributed by atoms with Crippen molar-refractivity contribution in [2.45, 2.75) is 37.1 Å². The molecule has 1 amide bonds. The highest BCUT2D eigenvalue weighted by Gasteiger charge is 2.36. The van der Waals surface area contributed by atoms with Gasteiger partial charge in [-0.15, -0.1) is 0 Å². The second-order valence-corrected chi connectivity index (χ2v) is 9.14. The van der Waals surface area contributed by atoms with Crippen LogP contribution in [0.15, 0.2) is 29.2 Å². The molecule has 0 radical (unpaired) electrons. The van der Waals surface area contributed by atoms with Gasteiger partial charge in [-0.3, -0.25) is 4.79 Å². The Morgan fingerprint density at radius 2 is 1.96 bits per heavy atom. The second kappa shape index (κ2) is 6.84. The predicted octanol–water partition coefficient (Wildman–Crippen LogP) is 2.04. The quantitative estimate of drug-likeness (QED) is 0.837. The summed E-state index contributed by atoms with van der Waals surface area (Å²) in [5.41, 5.74) is 0.321. The average molecular weight is 350 g/mol. The standard InChI is InChI=1S/C18H26N2O3S/c1-3-24(22,23)17-9-5-4-8-15(17)18(21)20-12-10-16-14(13-20)7-6-11-19(16)2/h4-5,8-9,14,16H,3,6-7,10-13H2,1-2H3. The zero-order valence-electron chi connectivity index (χ0n) is 14.4. The van der Waals surface area contributed by atoms with E-state index in [-0.39, 0.29) is 16.6 Å². The van der Waals surface area contributed by atoms with Crippen molar-refractivity contribution >= 4 is 15.7 Å². The van der Waals surface area contributed by atoms with Crippen LogP contribution in [0.3, 0.4) is 0 Å². The van der Waals surface area contributed by atoms with Crippen LogP contribution in [-0.4, -0.2) is 62.6 Å². The van der Waals surface area contributed by atoms with Crippen LogP contribution in [-0.2, 0) is 9.84 Å². The number of benzene rings is 1. The first-order chi connectivity index (χ1) is 11.4. The first-order valence-electron chi connectivity index (χ1n) is 8.75. The molecule has 2 unspecified atom stereocenters. The molecule has 2 heterocycles. The summed E-state index contributed by atoms with van der Waals surface area (Å²) in [5, 5.41) is 0. The van der Waals surface area contributed by atoms with Gasteiger partial charge in [0.05, 0.1) is 16.2 Å². The molecule has 2 aliphatic rings. The third-order valence-electron chi connectivity index (χ3n) is 5.47. The number of hydrogen-bond acceptors (Lipinski definition) is 4. The Morgan fingerprint density at radius 3 is 2.71 bits per heavy atom. The Kier molecular flexibility index (Phi) is 4.97. The van der Waals surface area contributed by atoms with Gasteiger partial charge in [0.2, 0.25) is 0 Å². The van der Waals surface area contributed by atoms with Crippen molar-refractivity contribution in [2.24, 2.45) is 5.92 Å². The number of carbonyl (C=O) groups is 1. The first kappa shape index (κ1) is 17.4. The van der Waals surface area contributed by atoms with Crippen molar-refractivity contribution in [3.8, 4) is 0 Å². The molecule has 24 heavy (non-hydrogen) atoms. The van der Waals surface area contributed by atoms with Crippen LogP contribution < -0.4 is 0 Å². The van der Waals surface area contributed by atoms with Gasteiger partial charge in [0, 0.05) is 19.1 Å². The summed E-state index contributed by atoms with van der Waals surface area (Å²) in [5.74, 6) is 0.359. The van der Waals surface area contributed by atoms with Gasteiger partial charge in [0.1, 0.15) is 0 Å². The lowest BCUT2D eigenvalue weighted by Crippen LogP contribution is -2.54. The highest BCUT2D eigenvalue weighted by atomic mass is 32.2. The van der Waals surface area contributed by atoms with Gasteiger partial charge in [-0.05, 0) is 50.9 Å². The SMILES string of the molecule is CCS(=O)(=O)c1ccccc1C(=O)N1CCC2C(CCCN2C)C1. The molecule has 2 aliphatic heterocycles. The topological polar surface area (TPSA) is 57.7 Å². The van der Waals surface area contributed by atoms with E-state index in [9.17, 15) is 13.2 Å². The molecule has 1 aromatic carbocycles. The lowest BCUT2D eigenvalue weighted by Gasteiger charge is -2.46. The summed E-state index contributed by atoms with van der Waals surface area (Å²) in [7, 11) is -1.24. The van der Waals surface area contributed by atoms with Gasteiger partial charge in [-0.25, -0.2) is 8.42 Å². The van der Waals surface area contributed by atoms with Crippen LogP contribution >= 0.6 is 0 Å². The molecule has 0 spiro atoms. The number of hydrogen-bond donors (Lipinski definition) is 0. The largest absolute Gasteiger partial charge is 0.338 e. The number of likely N-dealkylation sites (tertiary alicyclic amines) is 2. The van der Waals surface area contributed by atoms with Gasteiger partial charge in [-0.2, -0.15) is 0 Å². The molecule has 0 N–H and O–H groups in total. The maximum absolute atomic E-state index is 13.0. The Morgan fingerprint density at radius 1 is 1.21 bits per heavy atom. The summed E-state index contributed by atoms with van der Waals surface area (Å²) >= 11 is 0. The van der Waals surface area contributed by atoms with Crippen LogP contribution in [0.4, 0.5) is 0 Å². The summed E-state index contributed by atoms with van der Waals surface area (Å²) in [6, 6.07) is 7.17. The Hall–Kier alpha value is -1.40. The number of carbonyl (C=O) groups excluding carboxylic acids is 1. The third-order valence-corrected chi connectivity index (χ3v) is 7.25. The molecule has 5 nitrogen and oxygen atoms in total. The normalized spacial score (nSPS) is 25.3. The molecule has 2 fully saturated rings. The summed E-state index contributed by atoms with van der Waals surface area (Å²) in [6.45, 7) is 4.17. The molecule has 132 valence electrons. The average Bonchev–Trinajstić information content (AvgIpc) is 2.61. The minimum Gasteiger partial charge on any atom is -0.338 e. The summed E-state index contributed by atoms with van der Waals surface area (Å²) in [6.07, 6.45) is 3.28. The fourth-order valence-electron chi connectivity index (χ4n) is 4.08. The van der Waals surface area contributed by atoms with Crippen LogP contribution in [0.2, 0.25) is 0 Å². The number of fused-ring (bicyclic) bond motifs is 1. The van der Waals surface area contributed by atoms with Crippen LogP contribution in [0.25, 0.3) is 0 Å². The number of piperidine rings is 2. The van der Waals surface area contributed by atoms with Crippen LogP contribution in [0.5, 0.6) is 0 Å². The molecule has 0 aliphatic carbocycles. The Bertz CT molecular complexity index is 717. The number of sulfone groups is 1. The van der Waals surface area contributed by atoms with E-state index in [1.807, 2.05) is 4.90 Å². The van der Waals surface area contributed by atoms with Gasteiger partial charge in [-0.1, -0.05) is 19.1 Å². The smallest absolute Gasteiger partial charge is 0.255 e. The maximum Gasteiger partial charge on any atom is 0.255 e. The monoisotopic (exact) mass is 350 g/mol. The van der Waals surface area contributed by atoms with Crippen molar-refractivity contribution in [1.82, 2.24) is 9.80 Å². The lowest BCUT2D eigenvalue weighted by molar-refractivity contribution is 0.0314. The first-order valence-corrected chi connectivity index (χ1v) is 10.4. The molecule has 1 aromatic rings. The van der Waals surface area contributed by atoms with E-state index in [0.29, 0.717) is 24.1 Å². The van der Waals surface area contributed by atoms with E-state index in [4.69, 9.17) is 0 Å². The molecule has 0 aromatic heterocycles. The molecular weight excluding hydrogens is 324 g/mol. The zero-order valence-corrected chi connectivity index (χ0v) is 15.3. The molecule has 2 saturated heterocycles. The summed E-state index contributed by atoms with van der Waals surface area (Å²) in [4.78, 5) is 17.4. The van der Waals surface area contributed by atoms with Gasteiger partial charge < -0.3 is 9.80 Å². The van der Waals surface area contributed by atoms with Crippen molar-refractivity contribution in [3.63, 3.8) is 0 Å². The minimum absolute atomic E-state index is 0.00673. The van der Waals surface area contributed by atoms with Crippen molar-refractivity contribution in [3.05, 3.63) is 29.8 Å². The highest BCUT2D eigenvalue weighted by molar-refractivity contribution is 7.91. The minimum atomic E-state index is -3.40. The fourth-order valence-corrected chi connectivity index (χ4v) is 5.16. The predicted molar refractivity (Wildman–Crippen MR) is 93.8 cm³/mol. The van der Waals surface area contributed by atoms with Crippen molar-refractivity contribution in [2.75, 3.05) is 32.4 Å². The Balaban J connectivity index is 1.83. The van der Waals surface area contributed by atoms with E-state index in [1.54, 1.807) is 31.2 Å². The third kappa shape index (κ3) is 3.22.